The summed E-state index contributed by atoms with van der Waals surface area (Å²) in [7, 11) is 0. The molecule has 2 heteroatoms. The Kier molecular flexibility index (Phi) is 2.25. The molecular weight excluding hydrogens is 112 g/mol. The van der Waals surface area contributed by atoms with Gasteiger partial charge in [-0.3, -0.25) is 4.90 Å². The van der Waals surface area contributed by atoms with Gasteiger partial charge >= 0.3 is 0 Å². The van der Waals surface area contributed by atoms with Crippen LogP contribution in [0.2, 0.25) is 0 Å². The molecule has 0 aromatic carbocycles. The molecule has 1 heterocycles. The zero-order chi connectivity index (χ0) is 6.69. The van der Waals surface area contributed by atoms with Crippen LogP contribution in [-0.4, -0.2) is 30.6 Å². The van der Waals surface area contributed by atoms with Crippen LogP contribution >= 0.6 is 0 Å². The van der Waals surface area contributed by atoms with Crippen molar-refractivity contribution < 1.29 is 0 Å². The largest absolute Gasteiger partial charge is 0.326 e. The summed E-state index contributed by atoms with van der Waals surface area (Å²) in [6, 6.07) is 0.407. The molecule has 2 N–H and O–H groups in total. The van der Waals surface area contributed by atoms with Gasteiger partial charge in [0.05, 0.1) is 0 Å². The van der Waals surface area contributed by atoms with E-state index in [1.807, 2.05) is 6.08 Å². The van der Waals surface area contributed by atoms with Crippen LogP contribution in [0.4, 0.5) is 0 Å². The molecule has 0 saturated carbocycles. The Morgan fingerprint density at radius 3 is 3.00 bits per heavy atom. The molecular formula is C7H14N2. The lowest BCUT2D eigenvalue weighted by atomic mass is 10.3. The van der Waals surface area contributed by atoms with E-state index in [1.54, 1.807) is 0 Å². The maximum atomic E-state index is 5.68. The smallest absolute Gasteiger partial charge is 0.0180 e. The summed E-state index contributed by atoms with van der Waals surface area (Å²) in [6.07, 6.45) is 3.08. The van der Waals surface area contributed by atoms with Crippen LogP contribution in [0.15, 0.2) is 12.7 Å². The molecule has 1 aliphatic heterocycles. The van der Waals surface area contributed by atoms with E-state index in [4.69, 9.17) is 5.73 Å². The van der Waals surface area contributed by atoms with Crippen molar-refractivity contribution >= 4 is 0 Å². The summed E-state index contributed by atoms with van der Waals surface area (Å²) < 4.78 is 0. The van der Waals surface area contributed by atoms with E-state index >= 15 is 0 Å². The van der Waals surface area contributed by atoms with E-state index < -0.39 is 0 Å². The second kappa shape index (κ2) is 2.99. The Morgan fingerprint density at radius 1 is 1.78 bits per heavy atom. The number of likely N-dealkylation sites (tertiary alicyclic amines) is 1. The van der Waals surface area contributed by atoms with Gasteiger partial charge in [0.25, 0.3) is 0 Å². The molecule has 52 valence electrons. The van der Waals surface area contributed by atoms with Crippen LogP contribution in [-0.2, 0) is 0 Å². The first kappa shape index (κ1) is 6.78. The molecule has 1 fully saturated rings. The Hall–Kier alpha value is -0.340. The highest BCUT2D eigenvalue weighted by atomic mass is 15.2. The van der Waals surface area contributed by atoms with E-state index in [2.05, 4.69) is 11.5 Å². The number of hydrogen-bond donors (Lipinski definition) is 1. The van der Waals surface area contributed by atoms with Gasteiger partial charge in [-0.2, -0.15) is 0 Å². The van der Waals surface area contributed by atoms with Crippen molar-refractivity contribution in [3.63, 3.8) is 0 Å². The van der Waals surface area contributed by atoms with Crippen molar-refractivity contribution in [1.82, 2.24) is 4.90 Å². The summed E-state index contributed by atoms with van der Waals surface area (Å²) in [5, 5.41) is 0. The van der Waals surface area contributed by atoms with E-state index in [-0.39, 0.29) is 0 Å². The number of rotatable bonds is 2. The SMILES string of the molecule is C=CCN1CC[C@H](N)C1. The standard InChI is InChI=1S/C7H14N2/c1-2-4-9-5-3-7(8)6-9/h2,7H,1,3-6,8H2/t7-/m0/s1. The minimum atomic E-state index is 0.407. The zero-order valence-electron chi connectivity index (χ0n) is 5.71. The predicted octanol–water partition coefficient (Wildman–Crippen LogP) is 0.205. The van der Waals surface area contributed by atoms with E-state index in [0.29, 0.717) is 6.04 Å². The summed E-state index contributed by atoms with van der Waals surface area (Å²) in [5.41, 5.74) is 5.68. The highest BCUT2D eigenvalue weighted by molar-refractivity contribution is 4.82. The number of hydrogen-bond acceptors (Lipinski definition) is 2. The lowest BCUT2D eigenvalue weighted by Crippen LogP contribution is -2.26. The fourth-order valence-electron chi connectivity index (χ4n) is 1.21. The molecule has 0 aromatic heterocycles. The molecule has 1 atom stereocenters. The molecule has 0 unspecified atom stereocenters. The summed E-state index contributed by atoms with van der Waals surface area (Å²) >= 11 is 0. The zero-order valence-corrected chi connectivity index (χ0v) is 5.71. The first-order chi connectivity index (χ1) is 4.33. The van der Waals surface area contributed by atoms with Crippen LogP contribution in [0, 0.1) is 0 Å². The molecule has 1 rings (SSSR count). The third kappa shape index (κ3) is 1.80. The Bertz CT molecular complexity index is 101. The molecule has 0 bridgehead atoms. The van der Waals surface area contributed by atoms with Crippen LogP contribution in [0.3, 0.4) is 0 Å². The monoisotopic (exact) mass is 126 g/mol. The summed E-state index contributed by atoms with van der Waals surface area (Å²) in [4.78, 5) is 2.32. The molecule has 1 saturated heterocycles. The molecule has 9 heavy (non-hydrogen) atoms. The first-order valence-corrected chi connectivity index (χ1v) is 3.42. The Balaban J connectivity index is 2.21. The van der Waals surface area contributed by atoms with Crippen molar-refractivity contribution in [1.29, 1.82) is 0 Å². The topological polar surface area (TPSA) is 29.3 Å². The fourth-order valence-corrected chi connectivity index (χ4v) is 1.21. The molecule has 0 amide bonds. The average Bonchev–Trinajstić information content (AvgIpc) is 2.17. The van der Waals surface area contributed by atoms with Gasteiger partial charge in [-0.1, -0.05) is 6.08 Å². The van der Waals surface area contributed by atoms with Crippen molar-refractivity contribution in [2.45, 2.75) is 12.5 Å². The quantitative estimate of drug-likeness (QED) is 0.536. The van der Waals surface area contributed by atoms with Gasteiger partial charge in [0.15, 0.2) is 0 Å². The Labute approximate surface area is 56.3 Å². The molecule has 0 aliphatic carbocycles. The highest BCUT2D eigenvalue weighted by Crippen LogP contribution is 2.05. The second-order valence-electron chi connectivity index (χ2n) is 2.60. The van der Waals surface area contributed by atoms with E-state index in [9.17, 15) is 0 Å². The van der Waals surface area contributed by atoms with Crippen molar-refractivity contribution in [2.75, 3.05) is 19.6 Å². The van der Waals surface area contributed by atoms with Gasteiger partial charge < -0.3 is 5.73 Å². The molecule has 2 nitrogen and oxygen atoms in total. The highest BCUT2D eigenvalue weighted by Gasteiger charge is 2.16. The fraction of sp³-hybridized carbons (Fsp3) is 0.714. The third-order valence-corrected chi connectivity index (χ3v) is 1.70. The molecule has 1 aliphatic rings. The molecule has 0 spiro atoms. The van der Waals surface area contributed by atoms with Gasteiger partial charge in [0, 0.05) is 25.7 Å². The second-order valence-corrected chi connectivity index (χ2v) is 2.60. The van der Waals surface area contributed by atoms with E-state index in [1.165, 1.54) is 0 Å². The first-order valence-electron chi connectivity index (χ1n) is 3.42. The van der Waals surface area contributed by atoms with Crippen LogP contribution in [0.5, 0.6) is 0 Å². The Morgan fingerprint density at radius 2 is 2.56 bits per heavy atom. The van der Waals surface area contributed by atoms with Gasteiger partial charge in [0.2, 0.25) is 0 Å². The average molecular weight is 126 g/mol. The number of nitrogens with zero attached hydrogens (tertiary/aromatic N) is 1. The van der Waals surface area contributed by atoms with Gasteiger partial charge in [-0.15, -0.1) is 6.58 Å². The van der Waals surface area contributed by atoms with Crippen molar-refractivity contribution in [3.8, 4) is 0 Å². The van der Waals surface area contributed by atoms with Crippen molar-refractivity contribution in [3.05, 3.63) is 12.7 Å². The molecule has 0 radical (unpaired) electrons. The predicted molar refractivity (Wildman–Crippen MR) is 39.2 cm³/mol. The van der Waals surface area contributed by atoms with Crippen LogP contribution in [0.25, 0.3) is 0 Å². The van der Waals surface area contributed by atoms with E-state index in [0.717, 1.165) is 26.1 Å². The van der Waals surface area contributed by atoms with Crippen molar-refractivity contribution in [2.24, 2.45) is 5.73 Å². The molecule has 0 aromatic rings. The van der Waals surface area contributed by atoms with Gasteiger partial charge in [0.1, 0.15) is 0 Å². The van der Waals surface area contributed by atoms with Gasteiger partial charge in [-0.05, 0) is 6.42 Å². The normalized spacial score (nSPS) is 28.8. The lowest BCUT2D eigenvalue weighted by Gasteiger charge is -2.10. The maximum Gasteiger partial charge on any atom is 0.0180 e. The third-order valence-electron chi connectivity index (χ3n) is 1.70. The minimum absolute atomic E-state index is 0.407. The van der Waals surface area contributed by atoms with Gasteiger partial charge in [-0.25, -0.2) is 0 Å². The summed E-state index contributed by atoms with van der Waals surface area (Å²) in [6.45, 7) is 6.85. The minimum Gasteiger partial charge on any atom is -0.326 e. The van der Waals surface area contributed by atoms with Crippen LogP contribution in [0.1, 0.15) is 6.42 Å². The van der Waals surface area contributed by atoms with Crippen LogP contribution < -0.4 is 5.73 Å². The summed E-state index contributed by atoms with van der Waals surface area (Å²) in [5.74, 6) is 0. The number of nitrogens with two attached hydrogens (primary N) is 1. The lowest BCUT2D eigenvalue weighted by molar-refractivity contribution is 0.372. The maximum absolute atomic E-state index is 5.68.